The van der Waals surface area contributed by atoms with Crippen molar-refractivity contribution in [1.82, 2.24) is 15.2 Å². The van der Waals surface area contributed by atoms with Crippen molar-refractivity contribution < 1.29 is 19.1 Å². The number of hydrogen-bond donors (Lipinski definition) is 1. The molecule has 2 aromatic rings. The molecule has 1 aliphatic carbocycles. The van der Waals surface area contributed by atoms with Gasteiger partial charge < -0.3 is 10.1 Å². The molecule has 0 spiro atoms. The Morgan fingerprint density at radius 1 is 1.10 bits per heavy atom. The fraction of sp³-hybridized carbons (Fsp3) is 0.318. The molecule has 152 valence electrons. The Hall–Kier alpha value is -3.73. The second-order valence-corrected chi connectivity index (χ2v) is 7.40. The van der Waals surface area contributed by atoms with Crippen molar-refractivity contribution >= 4 is 17.7 Å². The van der Waals surface area contributed by atoms with E-state index in [-0.39, 0.29) is 24.6 Å². The van der Waals surface area contributed by atoms with Crippen LogP contribution < -0.4 is 10.1 Å². The molecule has 8 heteroatoms. The molecule has 2 aliphatic rings. The summed E-state index contributed by atoms with van der Waals surface area (Å²) in [6.07, 6.45) is 4.43. The second kappa shape index (κ2) is 8.33. The van der Waals surface area contributed by atoms with Crippen molar-refractivity contribution in [2.24, 2.45) is 0 Å². The first-order valence-electron chi connectivity index (χ1n) is 9.82. The van der Waals surface area contributed by atoms with Crippen LogP contribution in [0.15, 0.2) is 42.6 Å². The van der Waals surface area contributed by atoms with Gasteiger partial charge in [-0.25, -0.2) is 4.98 Å². The predicted molar refractivity (Wildman–Crippen MR) is 106 cm³/mol. The quantitative estimate of drug-likeness (QED) is 0.764. The Labute approximate surface area is 173 Å². The van der Waals surface area contributed by atoms with E-state index in [1.165, 1.54) is 6.20 Å². The van der Waals surface area contributed by atoms with E-state index >= 15 is 0 Å². The van der Waals surface area contributed by atoms with Crippen LogP contribution in [0.25, 0.3) is 0 Å². The lowest BCUT2D eigenvalue weighted by atomic mass is 9.93. The average molecular weight is 404 g/mol. The highest BCUT2D eigenvalue weighted by Gasteiger charge is 2.36. The number of nitriles is 1. The number of hydrogen-bond acceptors (Lipinski definition) is 6. The van der Waals surface area contributed by atoms with Gasteiger partial charge in [0.05, 0.1) is 16.7 Å². The molecule has 0 bridgehead atoms. The Morgan fingerprint density at radius 3 is 2.33 bits per heavy atom. The SMILES string of the molecule is N#Cc1ccc(OC2CCC(NC(=O)CN3C(=O)c4ccccc4C3=O)CC2)nc1. The van der Waals surface area contributed by atoms with Gasteiger partial charge in [-0.05, 0) is 43.9 Å². The zero-order valence-corrected chi connectivity index (χ0v) is 16.2. The van der Waals surface area contributed by atoms with Crippen molar-refractivity contribution in [1.29, 1.82) is 5.26 Å². The topological polar surface area (TPSA) is 112 Å². The number of rotatable bonds is 5. The smallest absolute Gasteiger partial charge is 0.262 e. The summed E-state index contributed by atoms with van der Waals surface area (Å²) in [6, 6.07) is 11.9. The monoisotopic (exact) mass is 404 g/mol. The minimum atomic E-state index is -0.433. The lowest BCUT2D eigenvalue weighted by Crippen LogP contribution is -2.45. The number of benzene rings is 1. The molecule has 0 saturated heterocycles. The van der Waals surface area contributed by atoms with Gasteiger partial charge in [-0.3, -0.25) is 19.3 Å². The molecule has 1 N–H and O–H groups in total. The van der Waals surface area contributed by atoms with Crippen LogP contribution in [0.1, 0.15) is 52.0 Å². The molecule has 1 fully saturated rings. The van der Waals surface area contributed by atoms with E-state index in [0.29, 0.717) is 22.6 Å². The average Bonchev–Trinajstić information content (AvgIpc) is 3.01. The van der Waals surface area contributed by atoms with Crippen LogP contribution in [0.3, 0.4) is 0 Å². The van der Waals surface area contributed by atoms with Gasteiger partial charge in [0.25, 0.3) is 11.8 Å². The summed E-state index contributed by atoms with van der Waals surface area (Å²) in [5.74, 6) is -0.731. The number of nitrogens with zero attached hydrogens (tertiary/aromatic N) is 3. The molecule has 1 aliphatic heterocycles. The first-order chi connectivity index (χ1) is 14.5. The van der Waals surface area contributed by atoms with Gasteiger partial charge in [0.1, 0.15) is 18.7 Å². The van der Waals surface area contributed by atoms with E-state index in [2.05, 4.69) is 10.3 Å². The van der Waals surface area contributed by atoms with Gasteiger partial charge in [-0.2, -0.15) is 5.26 Å². The third-order valence-corrected chi connectivity index (χ3v) is 5.37. The predicted octanol–water partition coefficient (Wildman–Crippen LogP) is 2.06. The summed E-state index contributed by atoms with van der Waals surface area (Å²) >= 11 is 0. The van der Waals surface area contributed by atoms with E-state index in [1.54, 1.807) is 36.4 Å². The Morgan fingerprint density at radius 2 is 1.77 bits per heavy atom. The zero-order chi connectivity index (χ0) is 21.1. The maximum absolute atomic E-state index is 12.4. The number of fused-ring (bicyclic) bond motifs is 1. The summed E-state index contributed by atoms with van der Waals surface area (Å²) in [7, 11) is 0. The largest absolute Gasteiger partial charge is 0.474 e. The van der Waals surface area contributed by atoms with Crippen molar-refractivity contribution in [3.63, 3.8) is 0 Å². The number of ether oxygens (including phenoxy) is 1. The number of pyridine rings is 1. The zero-order valence-electron chi connectivity index (χ0n) is 16.2. The van der Waals surface area contributed by atoms with Crippen molar-refractivity contribution in [3.8, 4) is 11.9 Å². The first-order valence-corrected chi connectivity index (χ1v) is 9.82. The number of carbonyl (C=O) groups excluding carboxylic acids is 3. The summed E-state index contributed by atoms with van der Waals surface area (Å²) in [5.41, 5.74) is 1.15. The summed E-state index contributed by atoms with van der Waals surface area (Å²) in [6.45, 7) is -0.280. The summed E-state index contributed by atoms with van der Waals surface area (Å²) in [4.78, 5) is 42.3. The molecule has 8 nitrogen and oxygen atoms in total. The van der Waals surface area contributed by atoms with Crippen molar-refractivity contribution in [3.05, 3.63) is 59.3 Å². The molecular weight excluding hydrogens is 384 g/mol. The highest BCUT2D eigenvalue weighted by Crippen LogP contribution is 2.24. The van der Waals surface area contributed by atoms with Crippen molar-refractivity contribution in [2.75, 3.05) is 6.54 Å². The molecule has 0 atom stereocenters. The second-order valence-electron chi connectivity index (χ2n) is 7.40. The molecule has 1 aromatic heterocycles. The molecule has 1 aromatic carbocycles. The minimum absolute atomic E-state index is 0.00479. The Bertz CT molecular complexity index is 985. The van der Waals surface area contributed by atoms with E-state index in [0.717, 1.165) is 30.6 Å². The standard InChI is InChI=1S/C22H20N4O4/c23-11-14-5-10-20(24-12-14)30-16-8-6-15(7-9-16)25-19(27)13-26-21(28)17-3-1-2-4-18(17)22(26)29/h1-5,10,12,15-16H,6-9,13H2,(H,25,27). The Kier molecular flexibility index (Phi) is 5.44. The normalized spacial score (nSPS) is 20.4. The van der Waals surface area contributed by atoms with Crippen LogP contribution in [0.2, 0.25) is 0 Å². The third kappa shape index (κ3) is 4.01. The van der Waals surface area contributed by atoms with Gasteiger partial charge in [0, 0.05) is 18.3 Å². The van der Waals surface area contributed by atoms with Crippen LogP contribution >= 0.6 is 0 Å². The molecule has 1 saturated carbocycles. The maximum atomic E-state index is 12.4. The number of amides is 3. The molecule has 2 heterocycles. The number of imide groups is 1. The summed E-state index contributed by atoms with van der Waals surface area (Å²) < 4.78 is 5.85. The van der Waals surface area contributed by atoms with Gasteiger partial charge >= 0.3 is 0 Å². The van der Waals surface area contributed by atoms with Gasteiger partial charge in [-0.15, -0.1) is 0 Å². The van der Waals surface area contributed by atoms with Crippen LogP contribution in [-0.2, 0) is 4.79 Å². The molecular formula is C22H20N4O4. The van der Waals surface area contributed by atoms with Crippen LogP contribution in [0, 0.1) is 11.3 Å². The Balaban J connectivity index is 1.25. The van der Waals surface area contributed by atoms with E-state index in [1.807, 2.05) is 6.07 Å². The highest BCUT2D eigenvalue weighted by atomic mass is 16.5. The van der Waals surface area contributed by atoms with Crippen LogP contribution in [0.4, 0.5) is 0 Å². The number of carbonyl (C=O) groups is 3. The molecule has 0 unspecified atom stereocenters. The van der Waals surface area contributed by atoms with E-state index in [9.17, 15) is 14.4 Å². The third-order valence-electron chi connectivity index (χ3n) is 5.37. The van der Waals surface area contributed by atoms with Gasteiger partial charge in [0.15, 0.2) is 0 Å². The number of nitrogens with one attached hydrogen (secondary N) is 1. The van der Waals surface area contributed by atoms with Crippen LogP contribution in [-0.4, -0.2) is 46.3 Å². The minimum Gasteiger partial charge on any atom is -0.474 e. The maximum Gasteiger partial charge on any atom is 0.262 e. The molecule has 0 radical (unpaired) electrons. The van der Waals surface area contributed by atoms with Gasteiger partial charge in [-0.1, -0.05) is 12.1 Å². The van der Waals surface area contributed by atoms with E-state index < -0.39 is 11.8 Å². The molecule has 4 rings (SSSR count). The van der Waals surface area contributed by atoms with Crippen LogP contribution in [0.5, 0.6) is 5.88 Å². The van der Waals surface area contributed by atoms with E-state index in [4.69, 9.17) is 10.00 Å². The van der Waals surface area contributed by atoms with Crippen molar-refractivity contribution in [2.45, 2.75) is 37.8 Å². The lowest BCUT2D eigenvalue weighted by molar-refractivity contribution is -0.122. The lowest BCUT2D eigenvalue weighted by Gasteiger charge is -2.29. The fourth-order valence-electron chi connectivity index (χ4n) is 3.81. The molecule has 3 amide bonds. The van der Waals surface area contributed by atoms with Gasteiger partial charge in [0.2, 0.25) is 11.8 Å². The summed E-state index contributed by atoms with van der Waals surface area (Å²) in [5, 5.41) is 11.7. The highest BCUT2D eigenvalue weighted by molar-refractivity contribution is 6.22. The first kappa shape index (κ1) is 19.6. The fourth-order valence-corrected chi connectivity index (χ4v) is 3.81. The molecule has 30 heavy (non-hydrogen) atoms. The number of aromatic nitrogens is 1.